The van der Waals surface area contributed by atoms with Crippen molar-refractivity contribution in [2.75, 3.05) is 17.2 Å². The van der Waals surface area contributed by atoms with E-state index in [9.17, 15) is 4.79 Å². The van der Waals surface area contributed by atoms with Gasteiger partial charge >= 0.3 is 0 Å². The van der Waals surface area contributed by atoms with Crippen LogP contribution in [0.1, 0.15) is 12.7 Å². The maximum absolute atomic E-state index is 12.4. The van der Waals surface area contributed by atoms with Crippen LogP contribution in [0.3, 0.4) is 0 Å². The van der Waals surface area contributed by atoms with Gasteiger partial charge in [-0.3, -0.25) is 9.89 Å². The highest BCUT2D eigenvalue weighted by molar-refractivity contribution is 7.99. The van der Waals surface area contributed by atoms with Crippen molar-refractivity contribution in [2.24, 2.45) is 0 Å². The molecule has 0 aliphatic carbocycles. The zero-order chi connectivity index (χ0) is 15.1. The number of hydrogen-bond donors (Lipinski definition) is 1. The molecule has 1 heterocycles. The number of aromatic amines is 1. The Hall–Kier alpha value is -2.08. The SMILES string of the molecule is C=CCN(C(=O)CSc1n[nH]c(CC)n1)c1ccccc1. The van der Waals surface area contributed by atoms with Crippen molar-refractivity contribution in [3.63, 3.8) is 0 Å². The number of para-hydroxylation sites is 1. The highest BCUT2D eigenvalue weighted by Gasteiger charge is 2.15. The van der Waals surface area contributed by atoms with Crippen LogP contribution in [0.5, 0.6) is 0 Å². The minimum Gasteiger partial charge on any atom is -0.308 e. The van der Waals surface area contributed by atoms with Gasteiger partial charge in [0.25, 0.3) is 0 Å². The molecular weight excluding hydrogens is 284 g/mol. The molecule has 0 aliphatic heterocycles. The molecule has 0 saturated heterocycles. The fraction of sp³-hybridized carbons (Fsp3) is 0.267. The first-order chi connectivity index (χ1) is 10.2. The number of H-pyrrole nitrogens is 1. The zero-order valence-electron chi connectivity index (χ0n) is 12.0. The van der Waals surface area contributed by atoms with E-state index in [2.05, 4.69) is 21.8 Å². The number of anilines is 1. The summed E-state index contributed by atoms with van der Waals surface area (Å²) in [6.07, 6.45) is 2.52. The monoisotopic (exact) mass is 302 g/mol. The summed E-state index contributed by atoms with van der Waals surface area (Å²) in [6, 6.07) is 9.57. The van der Waals surface area contributed by atoms with Gasteiger partial charge in [0.1, 0.15) is 5.82 Å². The van der Waals surface area contributed by atoms with E-state index in [0.717, 1.165) is 17.9 Å². The Morgan fingerprint density at radius 1 is 1.43 bits per heavy atom. The molecule has 1 aromatic carbocycles. The van der Waals surface area contributed by atoms with E-state index in [1.807, 2.05) is 37.3 Å². The van der Waals surface area contributed by atoms with Crippen molar-refractivity contribution >= 4 is 23.4 Å². The van der Waals surface area contributed by atoms with Gasteiger partial charge < -0.3 is 4.90 Å². The van der Waals surface area contributed by atoms with E-state index >= 15 is 0 Å². The van der Waals surface area contributed by atoms with Gasteiger partial charge in [0.15, 0.2) is 0 Å². The fourth-order valence-electron chi connectivity index (χ4n) is 1.79. The lowest BCUT2D eigenvalue weighted by Gasteiger charge is -2.20. The van der Waals surface area contributed by atoms with Crippen LogP contribution in [0.2, 0.25) is 0 Å². The quantitative estimate of drug-likeness (QED) is 0.631. The minimum absolute atomic E-state index is 0.00829. The Labute approximate surface area is 128 Å². The number of benzene rings is 1. The summed E-state index contributed by atoms with van der Waals surface area (Å²) in [4.78, 5) is 18.4. The van der Waals surface area contributed by atoms with Gasteiger partial charge in [-0.25, -0.2) is 4.98 Å². The van der Waals surface area contributed by atoms with Crippen LogP contribution < -0.4 is 4.90 Å². The number of rotatable bonds is 7. The van der Waals surface area contributed by atoms with Crippen LogP contribution in [-0.4, -0.2) is 33.4 Å². The first-order valence-corrected chi connectivity index (χ1v) is 7.73. The van der Waals surface area contributed by atoms with E-state index in [4.69, 9.17) is 0 Å². The molecule has 2 rings (SSSR count). The molecule has 0 unspecified atom stereocenters. The number of carbonyl (C=O) groups is 1. The highest BCUT2D eigenvalue weighted by Crippen LogP contribution is 2.18. The molecular formula is C15H18N4OS. The number of nitrogens with one attached hydrogen (secondary N) is 1. The van der Waals surface area contributed by atoms with Crippen LogP contribution >= 0.6 is 11.8 Å². The summed E-state index contributed by atoms with van der Waals surface area (Å²) in [7, 11) is 0. The summed E-state index contributed by atoms with van der Waals surface area (Å²) in [5.41, 5.74) is 0.868. The molecule has 0 radical (unpaired) electrons. The smallest absolute Gasteiger partial charge is 0.237 e. The van der Waals surface area contributed by atoms with Gasteiger partial charge in [-0.2, -0.15) is 0 Å². The molecule has 21 heavy (non-hydrogen) atoms. The lowest BCUT2D eigenvalue weighted by atomic mass is 10.3. The van der Waals surface area contributed by atoms with E-state index in [1.165, 1.54) is 11.8 Å². The molecule has 0 atom stereocenters. The summed E-state index contributed by atoms with van der Waals surface area (Å²) >= 11 is 1.33. The van der Waals surface area contributed by atoms with Gasteiger partial charge in [-0.1, -0.05) is 43.0 Å². The molecule has 0 fully saturated rings. The Morgan fingerprint density at radius 3 is 2.81 bits per heavy atom. The second-order valence-electron chi connectivity index (χ2n) is 4.34. The van der Waals surface area contributed by atoms with Crippen molar-refractivity contribution in [3.8, 4) is 0 Å². The van der Waals surface area contributed by atoms with Crippen LogP contribution in [0.25, 0.3) is 0 Å². The van der Waals surface area contributed by atoms with Crippen LogP contribution in [-0.2, 0) is 11.2 Å². The molecule has 6 heteroatoms. The molecule has 0 aliphatic rings. The van der Waals surface area contributed by atoms with Crippen molar-refractivity contribution in [2.45, 2.75) is 18.5 Å². The average molecular weight is 302 g/mol. The number of amides is 1. The zero-order valence-corrected chi connectivity index (χ0v) is 12.8. The number of nitrogens with zero attached hydrogens (tertiary/aromatic N) is 3. The van der Waals surface area contributed by atoms with Crippen molar-refractivity contribution < 1.29 is 4.79 Å². The molecule has 2 aromatic rings. The largest absolute Gasteiger partial charge is 0.308 e. The third kappa shape index (κ3) is 4.19. The molecule has 110 valence electrons. The summed E-state index contributed by atoms with van der Waals surface area (Å²) in [5.74, 6) is 1.13. The van der Waals surface area contributed by atoms with Gasteiger partial charge in [-0.15, -0.1) is 11.7 Å². The standard InChI is InChI=1S/C15H18N4OS/c1-3-10-19(12-8-6-5-7-9-12)14(20)11-21-15-16-13(4-2)17-18-15/h3,5-9H,1,4,10-11H2,2H3,(H,16,17,18). The van der Waals surface area contributed by atoms with Crippen LogP contribution in [0.15, 0.2) is 48.1 Å². The molecule has 1 amide bonds. The normalized spacial score (nSPS) is 10.3. The third-order valence-electron chi connectivity index (χ3n) is 2.85. The van der Waals surface area contributed by atoms with Crippen molar-refractivity contribution in [1.82, 2.24) is 15.2 Å². The van der Waals surface area contributed by atoms with Crippen LogP contribution in [0, 0.1) is 0 Å². The predicted octanol–water partition coefficient (Wildman–Crippen LogP) is 2.68. The van der Waals surface area contributed by atoms with Crippen molar-refractivity contribution in [3.05, 3.63) is 48.8 Å². The first kappa shape index (κ1) is 15.3. The molecule has 0 spiro atoms. The van der Waals surface area contributed by atoms with E-state index in [1.54, 1.807) is 11.0 Å². The lowest BCUT2D eigenvalue weighted by molar-refractivity contribution is -0.116. The maximum atomic E-state index is 12.4. The number of aromatic nitrogens is 3. The number of carbonyl (C=O) groups excluding carboxylic acids is 1. The second-order valence-corrected chi connectivity index (χ2v) is 5.28. The first-order valence-electron chi connectivity index (χ1n) is 6.75. The Bertz CT molecular complexity index is 597. The van der Waals surface area contributed by atoms with Gasteiger partial charge in [-0.05, 0) is 12.1 Å². The molecule has 1 N–H and O–H groups in total. The number of thioether (sulfide) groups is 1. The van der Waals surface area contributed by atoms with Gasteiger partial charge in [0, 0.05) is 18.7 Å². The summed E-state index contributed by atoms with van der Waals surface area (Å²) in [6.45, 7) is 6.20. The van der Waals surface area contributed by atoms with Crippen LogP contribution in [0.4, 0.5) is 5.69 Å². The molecule has 0 bridgehead atoms. The summed E-state index contributed by atoms with van der Waals surface area (Å²) in [5, 5.41) is 7.52. The minimum atomic E-state index is 0.00829. The number of aryl methyl sites for hydroxylation is 1. The Morgan fingerprint density at radius 2 is 2.19 bits per heavy atom. The Kier molecular flexibility index (Phi) is 5.57. The topological polar surface area (TPSA) is 61.9 Å². The number of hydrogen-bond acceptors (Lipinski definition) is 4. The lowest BCUT2D eigenvalue weighted by Crippen LogP contribution is -2.32. The molecule has 1 aromatic heterocycles. The summed E-state index contributed by atoms with van der Waals surface area (Å²) < 4.78 is 0. The third-order valence-corrected chi connectivity index (χ3v) is 3.68. The maximum Gasteiger partial charge on any atom is 0.237 e. The highest BCUT2D eigenvalue weighted by atomic mass is 32.2. The molecule has 0 saturated carbocycles. The average Bonchev–Trinajstić information content (AvgIpc) is 2.99. The van der Waals surface area contributed by atoms with Gasteiger partial charge in [0.05, 0.1) is 5.75 Å². The van der Waals surface area contributed by atoms with E-state index < -0.39 is 0 Å². The van der Waals surface area contributed by atoms with E-state index in [-0.39, 0.29) is 5.91 Å². The predicted molar refractivity (Wildman–Crippen MR) is 85.5 cm³/mol. The Balaban J connectivity index is 2.00. The van der Waals surface area contributed by atoms with Gasteiger partial charge in [0.2, 0.25) is 11.1 Å². The van der Waals surface area contributed by atoms with Crippen molar-refractivity contribution in [1.29, 1.82) is 0 Å². The second kappa shape index (κ2) is 7.64. The molecule has 5 nitrogen and oxygen atoms in total. The fourth-order valence-corrected chi connectivity index (χ4v) is 2.49. The van der Waals surface area contributed by atoms with E-state index in [0.29, 0.717) is 17.5 Å².